The molecule has 4 fully saturated rings. The van der Waals surface area contributed by atoms with Gasteiger partial charge in [0.1, 0.15) is 12.4 Å². The fraction of sp³-hybridized carbons (Fsp3) is 0.711. The number of hydrazone groups is 1. The third-order valence-corrected chi connectivity index (χ3v) is 14.1. The van der Waals surface area contributed by atoms with Crippen molar-refractivity contribution < 1.29 is 48.3 Å². The quantitative estimate of drug-likeness (QED) is 0.118. The lowest BCUT2D eigenvalue weighted by Crippen LogP contribution is -2.64. The summed E-state index contributed by atoms with van der Waals surface area (Å²) in [5.41, 5.74) is 1.33. The molecule has 7 rings (SSSR count). The topological polar surface area (TPSA) is 158 Å². The number of Topliss-reactive ketones (excluding diaryl/α,β-unsaturated/α-hetero) is 1. The number of benzene rings is 1. The number of ether oxygens (including phenoxy) is 3. The molecule has 6 aliphatic rings. The van der Waals surface area contributed by atoms with E-state index >= 15 is 0 Å². The minimum Gasteiger partial charge on any atom is -0.493 e. The van der Waals surface area contributed by atoms with Gasteiger partial charge in [-0.2, -0.15) is 0 Å². The van der Waals surface area contributed by atoms with Crippen molar-refractivity contribution in [2.75, 3.05) is 19.4 Å². The maximum atomic E-state index is 13.6. The molecule has 11 nitrogen and oxygen atoms in total. The highest BCUT2D eigenvalue weighted by Crippen LogP contribution is 2.70. The Balaban J connectivity index is 1.08. The largest absolute Gasteiger partial charge is 0.493 e. The Morgan fingerprint density at radius 3 is 2.72 bits per heavy atom. The second-order valence-corrected chi connectivity index (χ2v) is 17.9. The summed E-state index contributed by atoms with van der Waals surface area (Å²) in [6, 6.07) is 7.94. The van der Waals surface area contributed by atoms with Crippen LogP contribution in [0.2, 0.25) is 0 Å². The maximum absolute atomic E-state index is 13.6. The van der Waals surface area contributed by atoms with E-state index in [1.165, 1.54) is 5.57 Å². The van der Waals surface area contributed by atoms with E-state index in [4.69, 9.17) is 29.1 Å². The number of carbonyl (C=O) groups excluding carboxylic acids is 1. The van der Waals surface area contributed by atoms with Gasteiger partial charge in [0.2, 0.25) is 11.4 Å². The van der Waals surface area contributed by atoms with Gasteiger partial charge >= 0.3 is 7.60 Å². The normalized spacial score (nSPS) is 38.6. The molecule has 1 saturated heterocycles. The molecule has 10 atom stereocenters. The summed E-state index contributed by atoms with van der Waals surface area (Å²) >= 11 is 0. The number of ketones is 1. The van der Waals surface area contributed by atoms with Crippen LogP contribution in [0.25, 0.3) is 0 Å². The Morgan fingerprint density at radius 1 is 1.16 bits per heavy atom. The van der Waals surface area contributed by atoms with Gasteiger partial charge in [0.05, 0.1) is 37.0 Å². The molecule has 2 aliphatic heterocycles. The van der Waals surface area contributed by atoms with Crippen molar-refractivity contribution in [3.8, 4) is 5.75 Å². The molecule has 50 heavy (non-hydrogen) atoms. The number of rotatable bonds is 13. The van der Waals surface area contributed by atoms with E-state index in [-0.39, 0.29) is 41.0 Å². The first-order valence-corrected chi connectivity index (χ1v) is 20.5. The fourth-order valence-electron chi connectivity index (χ4n) is 11.1. The van der Waals surface area contributed by atoms with Gasteiger partial charge in [0, 0.05) is 23.7 Å². The first-order valence-electron chi connectivity index (χ1n) is 18.7. The summed E-state index contributed by atoms with van der Waals surface area (Å²) in [4.78, 5) is 31.7. The standard InChI is InChI=1S/C38H53N2O9P/c1-4-10-34-48-33-19-29-28-14-13-25-17-30-24(20-36(25,2)35(28)31(42)21-37(29,3)38(33,49-34)32(43)23-41)22-39-40(30)26-11-9-12-27(18-26)47-15-7-5-6-8-16-50(44,45)46/h9,11-12,17-18,22,24,28-29,31,33-35,41-42H,4-8,10,13-16,19-21,23H2,1-3H3,(H-,44,45,46)/p+1/t24?,28-,29-,31-,33+,34?,35+,36-,37-,38+/m0/s1. The number of allylic oxidation sites excluding steroid dienone is 2. The van der Waals surface area contributed by atoms with Gasteiger partial charge in [-0.25, -0.2) is 0 Å². The third kappa shape index (κ3) is 5.99. The number of hydrogen-bond donors (Lipinski definition) is 4. The molecule has 0 aromatic heterocycles. The van der Waals surface area contributed by atoms with Crippen LogP contribution in [0.3, 0.4) is 0 Å². The van der Waals surface area contributed by atoms with Crippen molar-refractivity contribution in [2.24, 2.45) is 39.6 Å². The van der Waals surface area contributed by atoms with Gasteiger partial charge < -0.3 is 34.2 Å². The summed E-state index contributed by atoms with van der Waals surface area (Å²) in [6.45, 7) is 6.44. The van der Waals surface area contributed by atoms with Crippen LogP contribution in [0.15, 0.2) is 41.0 Å². The van der Waals surface area contributed by atoms with Crippen LogP contribution >= 0.6 is 7.60 Å². The summed E-state index contributed by atoms with van der Waals surface area (Å²) in [7, 11) is -3.93. The van der Waals surface area contributed by atoms with Crippen LogP contribution in [0.5, 0.6) is 5.75 Å². The fourth-order valence-corrected chi connectivity index (χ4v) is 11.7. The van der Waals surface area contributed by atoms with Crippen molar-refractivity contribution >= 4 is 31.0 Å². The van der Waals surface area contributed by atoms with Crippen molar-refractivity contribution in [3.63, 3.8) is 0 Å². The maximum Gasteiger partial charge on any atom is 0.325 e. The van der Waals surface area contributed by atoms with Crippen LogP contribution in [0.1, 0.15) is 91.4 Å². The van der Waals surface area contributed by atoms with Crippen LogP contribution in [0, 0.1) is 34.5 Å². The SMILES string of the molecule is CCCC1O[C@@H]2C[C@H]3[C@@H]4CCC5=CC6=[N+](c7cccc(OCCCCCCP(=O)(O)O)c7)N=CC6C[C@]5(C)[C@H]4[C@@H](O)C[C@]3(C)[C@]2(C(=O)CO)O1. The van der Waals surface area contributed by atoms with Gasteiger partial charge in [0.25, 0.3) is 0 Å². The van der Waals surface area contributed by atoms with E-state index in [1.807, 2.05) is 35.2 Å². The lowest BCUT2D eigenvalue weighted by atomic mass is 9.44. The summed E-state index contributed by atoms with van der Waals surface area (Å²) < 4.78 is 32.1. The van der Waals surface area contributed by atoms with Crippen molar-refractivity contribution in [2.45, 2.75) is 115 Å². The van der Waals surface area contributed by atoms with Crippen molar-refractivity contribution in [1.82, 2.24) is 0 Å². The smallest absolute Gasteiger partial charge is 0.325 e. The lowest BCUT2D eigenvalue weighted by Gasteiger charge is -2.60. The number of hydrogen-bond acceptors (Lipinski definition) is 8. The summed E-state index contributed by atoms with van der Waals surface area (Å²) in [6.07, 6.45) is 11.1. The van der Waals surface area contributed by atoms with Gasteiger partial charge in [-0.05, 0) is 90.4 Å². The predicted octanol–water partition coefficient (Wildman–Crippen LogP) is 5.50. The Hall–Kier alpha value is -2.24. The van der Waals surface area contributed by atoms with Gasteiger partial charge in [0.15, 0.2) is 17.7 Å². The highest BCUT2D eigenvalue weighted by atomic mass is 31.2. The molecule has 0 bridgehead atoms. The monoisotopic (exact) mass is 713 g/mol. The molecule has 3 saturated carbocycles. The first kappa shape index (κ1) is 36.1. The Labute approximate surface area is 294 Å². The average molecular weight is 714 g/mol. The number of aliphatic hydroxyl groups is 2. The number of nitrogens with zero attached hydrogens (tertiary/aromatic N) is 2. The molecule has 274 valence electrons. The highest BCUT2D eigenvalue weighted by molar-refractivity contribution is 7.51. The zero-order chi connectivity index (χ0) is 35.5. The van der Waals surface area contributed by atoms with E-state index in [9.17, 15) is 19.6 Å². The number of unbranched alkanes of at least 4 members (excludes halogenated alkanes) is 3. The molecule has 2 heterocycles. The summed E-state index contributed by atoms with van der Waals surface area (Å²) in [5, 5.41) is 27.2. The molecule has 0 amide bonds. The Kier molecular flexibility index (Phi) is 9.85. The number of fused-ring (bicyclic) bond motifs is 8. The number of carbonyl (C=O) groups is 1. The first-order chi connectivity index (χ1) is 23.8. The predicted molar refractivity (Wildman–Crippen MR) is 188 cm³/mol. The summed E-state index contributed by atoms with van der Waals surface area (Å²) in [5.74, 6) is 0.916. The van der Waals surface area contributed by atoms with Gasteiger partial charge in [-0.1, -0.05) is 51.7 Å². The van der Waals surface area contributed by atoms with E-state index in [2.05, 4.69) is 26.8 Å². The molecular weight excluding hydrogens is 659 g/mol. The molecule has 1 aromatic carbocycles. The molecule has 0 spiro atoms. The van der Waals surface area contributed by atoms with Gasteiger partial charge in [-0.3, -0.25) is 9.36 Å². The Morgan fingerprint density at radius 2 is 1.96 bits per heavy atom. The molecular formula is C38H54N2O9P+. The van der Waals surface area contributed by atoms with E-state index in [1.54, 1.807) is 0 Å². The van der Waals surface area contributed by atoms with Crippen molar-refractivity contribution in [3.05, 3.63) is 35.9 Å². The minimum absolute atomic E-state index is 0.0321. The second-order valence-electron chi connectivity index (χ2n) is 16.1. The van der Waals surface area contributed by atoms with Gasteiger partial charge in [-0.15, -0.1) is 0 Å². The third-order valence-electron chi connectivity index (χ3n) is 13.2. The average Bonchev–Trinajstić information content (AvgIpc) is 3.71. The van der Waals surface area contributed by atoms with Crippen LogP contribution in [-0.4, -0.2) is 85.9 Å². The number of aliphatic hydroxyl groups excluding tert-OH is 2. The molecule has 2 unspecified atom stereocenters. The molecule has 4 N–H and O–H groups in total. The van der Waals surface area contributed by atoms with E-state index in [0.29, 0.717) is 32.3 Å². The zero-order valence-corrected chi connectivity index (χ0v) is 30.5. The molecule has 4 aliphatic carbocycles. The van der Waals surface area contributed by atoms with Crippen LogP contribution in [-0.2, 0) is 18.8 Å². The zero-order valence-electron chi connectivity index (χ0n) is 29.6. The van der Waals surface area contributed by atoms with E-state index < -0.39 is 43.7 Å². The van der Waals surface area contributed by atoms with Crippen molar-refractivity contribution in [1.29, 1.82) is 0 Å². The Bertz CT molecular complexity index is 1620. The minimum atomic E-state index is -3.93. The van der Waals surface area contributed by atoms with Crippen LogP contribution in [0.4, 0.5) is 5.69 Å². The molecule has 1 aromatic rings. The van der Waals surface area contributed by atoms with E-state index in [0.717, 1.165) is 62.1 Å². The lowest BCUT2D eigenvalue weighted by molar-refractivity contribution is -0.441. The van der Waals surface area contributed by atoms with Crippen LogP contribution < -0.4 is 4.74 Å². The second kappa shape index (κ2) is 13.6. The molecule has 0 radical (unpaired) electrons. The molecule has 12 heteroatoms. The highest BCUT2D eigenvalue weighted by Gasteiger charge is 2.76.